The van der Waals surface area contributed by atoms with E-state index in [1.165, 1.54) is 0 Å². The highest BCUT2D eigenvalue weighted by Crippen LogP contribution is 2.19. The average Bonchev–Trinajstić information content (AvgIpc) is 3.18. The summed E-state index contributed by atoms with van der Waals surface area (Å²) < 4.78 is 16.1. The number of rotatable bonds is 6. The molecule has 1 aromatic carbocycles. The van der Waals surface area contributed by atoms with Crippen LogP contribution in [-0.2, 0) is 13.1 Å². The predicted molar refractivity (Wildman–Crippen MR) is 80.2 cm³/mol. The zero-order valence-electron chi connectivity index (χ0n) is 12.5. The molecule has 0 radical (unpaired) electrons. The van der Waals surface area contributed by atoms with Gasteiger partial charge in [0.1, 0.15) is 5.75 Å². The maximum absolute atomic E-state index is 5.60. The van der Waals surface area contributed by atoms with Crippen LogP contribution in [0.25, 0.3) is 11.7 Å². The lowest BCUT2D eigenvalue weighted by atomic mass is 10.2. The quantitative estimate of drug-likeness (QED) is 0.697. The fourth-order valence-electron chi connectivity index (χ4n) is 2.19. The molecule has 0 aliphatic heterocycles. The first-order valence-electron chi connectivity index (χ1n) is 6.92. The van der Waals surface area contributed by atoms with Gasteiger partial charge in [-0.25, -0.2) is 0 Å². The van der Waals surface area contributed by atoms with E-state index in [-0.39, 0.29) is 0 Å². The molecule has 2 heterocycles. The van der Waals surface area contributed by atoms with Crippen LogP contribution in [0.1, 0.15) is 11.5 Å². The van der Waals surface area contributed by atoms with E-state index in [9.17, 15) is 0 Å². The van der Waals surface area contributed by atoms with Crippen LogP contribution in [0.15, 0.2) is 51.5 Å². The van der Waals surface area contributed by atoms with E-state index in [4.69, 9.17) is 13.6 Å². The molecule has 0 unspecified atom stereocenters. The lowest BCUT2D eigenvalue weighted by Gasteiger charge is -2.14. The molecule has 0 saturated heterocycles. The molecule has 22 heavy (non-hydrogen) atoms. The third-order valence-electron chi connectivity index (χ3n) is 3.19. The van der Waals surface area contributed by atoms with Gasteiger partial charge in [0.2, 0.25) is 5.89 Å². The molecule has 0 fully saturated rings. The number of benzene rings is 1. The number of aromatic nitrogens is 2. The molecule has 114 valence electrons. The SMILES string of the molecule is COc1cccc(CN(C)Cc2nnc(-c3ccco3)o2)c1. The van der Waals surface area contributed by atoms with Crippen LogP contribution in [0, 0.1) is 0 Å². The average molecular weight is 299 g/mol. The second-order valence-corrected chi connectivity index (χ2v) is 5.00. The predicted octanol–water partition coefficient (Wildman–Crippen LogP) is 2.97. The Balaban J connectivity index is 1.63. The van der Waals surface area contributed by atoms with E-state index in [1.807, 2.05) is 25.2 Å². The van der Waals surface area contributed by atoms with Gasteiger partial charge in [-0.3, -0.25) is 4.90 Å². The summed E-state index contributed by atoms with van der Waals surface area (Å²) in [7, 11) is 3.66. The van der Waals surface area contributed by atoms with Crippen molar-refractivity contribution in [3.05, 3.63) is 54.1 Å². The zero-order valence-corrected chi connectivity index (χ0v) is 12.5. The highest BCUT2D eigenvalue weighted by molar-refractivity contribution is 5.42. The molecule has 0 spiro atoms. The molecule has 0 aliphatic carbocycles. The lowest BCUT2D eigenvalue weighted by Crippen LogP contribution is -2.17. The van der Waals surface area contributed by atoms with E-state index in [0.717, 1.165) is 17.9 Å². The summed E-state index contributed by atoms with van der Waals surface area (Å²) in [5.74, 6) is 2.38. The molecule has 6 heteroatoms. The highest BCUT2D eigenvalue weighted by atomic mass is 16.5. The summed E-state index contributed by atoms with van der Waals surface area (Å²) >= 11 is 0. The van der Waals surface area contributed by atoms with Crippen molar-refractivity contribution in [1.29, 1.82) is 0 Å². The van der Waals surface area contributed by atoms with Gasteiger partial charge in [-0.15, -0.1) is 10.2 Å². The van der Waals surface area contributed by atoms with Crippen molar-refractivity contribution in [3.63, 3.8) is 0 Å². The maximum atomic E-state index is 5.60. The summed E-state index contributed by atoms with van der Waals surface area (Å²) in [5, 5.41) is 8.03. The fraction of sp³-hybridized carbons (Fsp3) is 0.250. The Kier molecular flexibility index (Phi) is 4.20. The monoisotopic (exact) mass is 299 g/mol. The smallest absolute Gasteiger partial charge is 0.283 e. The van der Waals surface area contributed by atoms with E-state index < -0.39 is 0 Å². The second kappa shape index (κ2) is 6.44. The van der Waals surface area contributed by atoms with Gasteiger partial charge in [0.25, 0.3) is 5.89 Å². The molecule has 3 rings (SSSR count). The van der Waals surface area contributed by atoms with Gasteiger partial charge >= 0.3 is 0 Å². The van der Waals surface area contributed by atoms with Crippen molar-refractivity contribution < 1.29 is 13.6 Å². The maximum Gasteiger partial charge on any atom is 0.283 e. The molecule has 3 aromatic rings. The largest absolute Gasteiger partial charge is 0.497 e. The minimum Gasteiger partial charge on any atom is -0.497 e. The Morgan fingerprint density at radius 1 is 1.14 bits per heavy atom. The van der Waals surface area contributed by atoms with Crippen LogP contribution in [-0.4, -0.2) is 29.3 Å². The summed E-state index contributed by atoms with van der Waals surface area (Å²) in [5.41, 5.74) is 1.16. The van der Waals surface area contributed by atoms with Crippen molar-refractivity contribution in [1.82, 2.24) is 15.1 Å². The fourth-order valence-corrected chi connectivity index (χ4v) is 2.19. The Hall–Kier alpha value is -2.60. The highest BCUT2D eigenvalue weighted by Gasteiger charge is 2.12. The van der Waals surface area contributed by atoms with Crippen LogP contribution in [0.4, 0.5) is 0 Å². The van der Waals surface area contributed by atoms with Crippen molar-refractivity contribution in [2.75, 3.05) is 14.2 Å². The number of hydrogen-bond acceptors (Lipinski definition) is 6. The third kappa shape index (κ3) is 3.35. The Morgan fingerprint density at radius 2 is 2.05 bits per heavy atom. The molecule has 6 nitrogen and oxygen atoms in total. The first kappa shape index (κ1) is 14.3. The van der Waals surface area contributed by atoms with Gasteiger partial charge < -0.3 is 13.6 Å². The summed E-state index contributed by atoms with van der Waals surface area (Å²) in [6, 6.07) is 11.5. The summed E-state index contributed by atoms with van der Waals surface area (Å²) in [4.78, 5) is 2.09. The molecule has 0 amide bonds. The van der Waals surface area contributed by atoms with Crippen LogP contribution < -0.4 is 4.74 Å². The number of methoxy groups -OCH3 is 1. The molecule has 0 saturated carbocycles. The third-order valence-corrected chi connectivity index (χ3v) is 3.19. The number of furan rings is 1. The van der Waals surface area contributed by atoms with Gasteiger partial charge in [-0.1, -0.05) is 12.1 Å². The van der Waals surface area contributed by atoms with Crippen molar-refractivity contribution in [3.8, 4) is 17.4 Å². The second-order valence-electron chi connectivity index (χ2n) is 5.00. The number of ether oxygens (including phenoxy) is 1. The summed E-state index contributed by atoms with van der Waals surface area (Å²) in [6.07, 6.45) is 1.58. The first-order valence-corrected chi connectivity index (χ1v) is 6.92. The van der Waals surface area contributed by atoms with E-state index >= 15 is 0 Å². The first-order chi connectivity index (χ1) is 10.7. The van der Waals surface area contributed by atoms with E-state index in [1.54, 1.807) is 25.5 Å². The number of hydrogen-bond donors (Lipinski definition) is 0. The molecule has 2 aromatic heterocycles. The molecule has 0 atom stereocenters. The minimum absolute atomic E-state index is 0.398. The van der Waals surface area contributed by atoms with Gasteiger partial charge in [-0.05, 0) is 36.9 Å². The van der Waals surface area contributed by atoms with Gasteiger partial charge in [0, 0.05) is 6.54 Å². The van der Waals surface area contributed by atoms with Gasteiger partial charge in [0.05, 0.1) is 19.9 Å². The van der Waals surface area contributed by atoms with Crippen molar-refractivity contribution in [2.45, 2.75) is 13.1 Å². The number of nitrogens with zero attached hydrogens (tertiary/aromatic N) is 3. The molecule has 0 aliphatic rings. The van der Waals surface area contributed by atoms with E-state index in [2.05, 4.69) is 21.2 Å². The topological polar surface area (TPSA) is 64.5 Å². The molecular weight excluding hydrogens is 282 g/mol. The minimum atomic E-state index is 0.398. The van der Waals surface area contributed by atoms with Crippen LogP contribution >= 0.6 is 0 Å². The molecular formula is C16H17N3O3. The van der Waals surface area contributed by atoms with E-state index in [0.29, 0.717) is 24.1 Å². The van der Waals surface area contributed by atoms with Crippen molar-refractivity contribution in [2.24, 2.45) is 0 Å². The lowest BCUT2D eigenvalue weighted by molar-refractivity contribution is 0.281. The van der Waals surface area contributed by atoms with Crippen molar-refractivity contribution >= 4 is 0 Å². The van der Waals surface area contributed by atoms with Gasteiger partial charge in [-0.2, -0.15) is 0 Å². The Morgan fingerprint density at radius 3 is 2.82 bits per heavy atom. The summed E-state index contributed by atoms with van der Waals surface area (Å²) in [6.45, 7) is 1.32. The molecule has 0 bridgehead atoms. The van der Waals surface area contributed by atoms with Crippen LogP contribution in [0.5, 0.6) is 5.75 Å². The molecule has 0 N–H and O–H groups in total. The zero-order chi connectivity index (χ0) is 15.4. The van der Waals surface area contributed by atoms with Crippen LogP contribution in [0.2, 0.25) is 0 Å². The van der Waals surface area contributed by atoms with Crippen LogP contribution in [0.3, 0.4) is 0 Å². The Bertz CT molecular complexity index is 722. The van der Waals surface area contributed by atoms with Gasteiger partial charge in [0.15, 0.2) is 5.76 Å². The normalized spacial score (nSPS) is 11.0. The standard InChI is InChI=1S/C16H17N3O3/c1-19(10-12-5-3-6-13(9-12)20-2)11-15-17-18-16(22-15)14-7-4-8-21-14/h3-9H,10-11H2,1-2H3. The Labute approximate surface area is 128 Å².